The van der Waals surface area contributed by atoms with Gasteiger partial charge in [-0.3, -0.25) is 5.43 Å². The van der Waals surface area contributed by atoms with Crippen LogP contribution in [0.1, 0.15) is 23.9 Å². The third kappa shape index (κ3) is 4.01. The quantitative estimate of drug-likeness (QED) is 0.427. The third-order valence-corrected chi connectivity index (χ3v) is 3.88. The summed E-state index contributed by atoms with van der Waals surface area (Å²) in [7, 11) is 0. The second-order valence-electron chi connectivity index (χ2n) is 5.95. The van der Waals surface area contributed by atoms with E-state index >= 15 is 0 Å². The SMILES string of the molecule is CC(=NNc1cc(-c2ccccc2N)nc(C)n1)c1ccc(C)cc1. The number of nitrogens with one attached hydrogen (secondary N) is 1. The largest absolute Gasteiger partial charge is 0.398 e. The van der Waals surface area contributed by atoms with Crippen molar-refractivity contribution in [1.82, 2.24) is 9.97 Å². The van der Waals surface area contributed by atoms with Gasteiger partial charge in [-0.15, -0.1) is 0 Å². The zero-order chi connectivity index (χ0) is 17.8. The van der Waals surface area contributed by atoms with Gasteiger partial charge in [-0.2, -0.15) is 5.10 Å². The van der Waals surface area contributed by atoms with Gasteiger partial charge < -0.3 is 5.73 Å². The predicted molar refractivity (Wildman–Crippen MR) is 104 cm³/mol. The molecule has 0 fully saturated rings. The molecule has 0 amide bonds. The number of nitrogens with two attached hydrogens (primary N) is 1. The van der Waals surface area contributed by atoms with Crippen LogP contribution >= 0.6 is 0 Å². The Bertz CT molecular complexity index is 914. The number of aromatic nitrogens is 2. The summed E-state index contributed by atoms with van der Waals surface area (Å²) < 4.78 is 0. The van der Waals surface area contributed by atoms with Crippen molar-refractivity contribution in [2.45, 2.75) is 20.8 Å². The molecule has 0 spiro atoms. The van der Waals surface area contributed by atoms with E-state index in [0.717, 1.165) is 22.5 Å². The molecule has 0 aliphatic carbocycles. The molecule has 0 bridgehead atoms. The molecule has 0 aliphatic heterocycles. The topological polar surface area (TPSA) is 76.2 Å². The summed E-state index contributed by atoms with van der Waals surface area (Å²) in [4.78, 5) is 8.88. The van der Waals surface area contributed by atoms with E-state index in [1.54, 1.807) is 0 Å². The Labute approximate surface area is 147 Å². The van der Waals surface area contributed by atoms with Crippen molar-refractivity contribution in [2.75, 3.05) is 11.2 Å². The second kappa shape index (κ2) is 7.13. The fourth-order valence-corrected chi connectivity index (χ4v) is 2.49. The van der Waals surface area contributed by atoms with Crippen LogP contribution in [0.3, 0.4) is 0 Å². The third-order valence-electron chi connectivity index (χ3n) is 3.88. The summed E-state index contributed by atoms with van der Waals surface area (Å²) in [5, 5.41) is 4.44. The maximum Gasteiger partial charge on any atom is 0.150 e. The van der Waals surface area contributed by atoms with Gasteiger partial charge in [0.05, 0.1) is 11.4 Å². The summed E-state index contributed by atoms with van der Waals surface area (Å²) in [5.74, 6) is 1.30. The first kappa shape index (κ1) is 16.6. The molecule has 1 heterocycles. The van der Waals surface area contributed by atoms with Crippen molar-refractivity contribution < 1.29 is 0 Å². The molecular formula is C20H21N5. The fraction of sp³-hybridized carbons (Fsp3) is 0.150. The molecule has 126 valence electrons. The maximum absolute atomic E-state index is 6.05. The molecule has 0 unspecified atom stereocenters. The average molecular weight is 331 g/mol. The molecule has 5 heteroatoms. The highest BCUT2D eigenvalue weighted by molar-refractivity contribution is 5.99. The second-order valence-corrected chi connectivity index (χ2v) is 5.95. The first-order chi connectivity index (χ1) is 12.0. The van der Waals surface area contributed by atoms with E-state index in [1.807, 2.05) is 44.2 Å². The number of aryl methyl sites for hydroxylation is 2. The number of nitrogen functional groups attached to an aromatic ring is 1. The van der Waals surface area contributed by atoms with E-state index in [-0.39, 0.29) is 0 Å². The van der Waals surface area contributed by atoms with Crippen molar-refractivity contribution >= 4 is 17.2 Å². The van der Waals surface area contributed by atoms with E-state index < -0.39 is 0 Å². The van der Waals surface area contributed by atoms with E-state index in [1.165, 1.54) is 5.56 Å². The summed E-state index contributed by atoms with van der Waals surface area (Å²) in [6, 6.07) is 17.7. The van der Waals surface area contributed by atoms with Gasteiger partial charge in [-0.05, 0) is 32.4 Å². The number of para-hydroxylation sites is 1. The molecule has 0 saturated carbocycles. The molecule has 0 atom stereocenters. The Morgan fingerprint density at radius 3 is 2.44 bits per heavy atom. The molecule has 3 rings (SSSR count). The van der Waals surface area contributed by atoms with Gasteiger partial charge in [0.2, 0.25) is 0 Å². The number of hydrazone groups is 1. The van der Waals surface area contributed by atoms with Crippen molar-refractivity contribution in [1.29, 1.82) is 0 Å². The summed E-state index contributed by atoms with van der Waals surface area (Å²) in [6.07, 6.45) is 0. The molecular weight excluding hydrogens is 310 g/mol. The van der Waals surface area contributed by atoms with Crippen LogP contribution in [0.5, 0.6) is 0 Å². The van der Waals surface area contributed by atoms with Crippen LogP contribution < -0.4 is 11.2 Å². The minimum Gasteiger partial charge on any atom is -0.398 e. The van der Waals surface area contributed by atoms with Gasteiger partial charge in [0.1, 0.15) is 5.82 Å². The Hall–Kier alpha value is -3.21. The lowest BCUT2D eigenvalue weighted by molar-refractivity contribution is 1.05. The zero-order valence-electron chi connectivity index (χ0n) is 14.6. The normalized spacial score (nSPS) is 11.4. The molecule has 3 aromatic rings. The Kier molecular flexibility index (Phi) is 4.75. The maximum atomic E-state index is 6.05. The van der Waals surface area contributed by atoms with Crippen LogP contribution in [0.25, 0.3) is 11.3 Å². The number of nitrogens with zero attached hydrogens (tertiary/aromatic N) is 3. The summed E-state index contributed by atoms with van der Waals surface area (Å²) in [5.41, 5.74) is 14.6. The standard InChI is InChI=1S/C20H21N5/c1-13-8-10-16(11-9-13)14(2)24-25-20-12-19(22-15(3)23-20)17-6-4-5-7-18(17)21/h4-12H,21H2,1-3H3,(H,22,23,25). The monoisotopic (exact) mass is 331 g/mol. The number of anilines is 2. The highest BCUT2D eigenvalue weighted by Gasteiger charge is 2.07. The minimum atomic E-state index is 0.636. The van der Waals surface area contributed by atoms with Gasteiger partial charge in [0.25, 0.3) is 0 Å². The van der Waals surface area contributed by atoms with Crippen molar-refractivity contribution in [3.63, 3.8) is 0 Å². The average Bonchev–Trinajstić information content (AvgIpc) is 2.60. The minimum absolute atomic E-state index is 0.636. The lowest BCUT2D eigenvalue weighted by Gasteiger charge is -2.08. The Morgan fingerprint density at radius 1 is 1.00 bits per heavy atom. The van der Waals surface area contributed by atoms with E-state index in [9.17, 15) is 0 Å². The molecule has 0 aliphatic rings. The first-order valence-corrected chi connectivity index (χ1v) is 8.11. The number of rotatable bonds is 4. The van der Waals surface area contributed by atoms with Crippen LogP contribution in [0, 0.1) is 13.8 Å². The molecule has 5 nitrogen and oxygen atoms in total. The number of hydrogen-bond acceptors (Lipinski definition) is 5. The molecule has 0 saturated heterocycles. The Balaban J connectivity index is 1.87. The van der Waals surface area contributed by atoms with Gasteiger partial charge in [0, 0.05) is 17.3 Å². The van der Waals surface area contributed by atoms with E-state index in [4.69, 9.17) is 5.73 Å². The highest BCUT2D eigenvalue weighted by atomic mass is 15.3. The molecule has 25 heavy (non-hydrogen) atoms. The zero-order valence-corrected chi connectivity index (χ0v) is 14.6. The smallest absolute Gasteiger partial charge is 0.150 e. The summed E-state index contributed by atoms with van der Waals surface area (Å²) >= 11 is 0. The number of benzene rings is 2. The molecule has 2 aromatic carbocycles. The molecule has 0 radical (unpaired) electrons. The van der Waals surface area contributed by atoms with E-state index in [2.05, 4.69) is 51.7 Å². The van der Waals surface area contributed by atoms with Crippen molar-refractivity contribution in [2.24, 2.45) is 5.10 Å². The van der Waals surface area contributed by atoms with Crippen LogP contribution in [-0.4, -0.2) is 15.7 Å². The Morgan fingerprint density at radius 2 is 1.72 bits per heavy atom. The lowest BCUT2D eigenvalue weighted by Crippen LogP contribution is -2.03. The van der Waals surface area contributed by atoms with Gasteiger partial charge >= 0.3 is 0 Å². The van der Waals surface area contributed by atoms with Gasteiger partial charge in [0.15, 0.2) is 5.82 Å². The van der Waals surface area contributed by atoms with E-state index in [0.29, 0.717) is 17.3 Å². The summed E-state index contributed by atoms with van der Waals surface area (Å²) in [6.45, 7) is 5.88. The van der Waals surface area contributed by atoms with Crippen LogP contribution in [0.2, 0.25) is 0 Å². The number of hydrogen-bond donors (Lipinski definition) is 2. The van der Waals surface area contributed by atoms with Crippen molar-refractivity contribution in [3.8, 4) is 11.3 Å². The molecule has 1 aromatic heterocycles. The first-order valence-electron chi connectivity index (χ1n) is 8.11. The van der Waals surface area contributed by atoms with Crippen LogP contribution in [0.15, 0.2) is 59.7 Å². The van der Waals surface area contributed by atoms with Gasteiger partial charge in [-0.25, -0.2) is 9.97 Å². The van der Waals surface area contributed by atoms with Gasteiger partial charge in [-0.1, -0.05) is 48.0 Å². The van der Waals surface area contributed by atoms with Crippen molar-refractivity contribution in [3.05, 3.63) is 71.5 Å². The fourth-order valence-electron chi connectivity index (χ4n) is 2.49. The van der Waals surface area contributed by atoms with Crippen LogP contribution in [-0.2, 0) is 0 Å². The highest BCUT2D eigenvalue weighted by Crippen LogP contribution is 2.25. The lowest BCUT2D eigenvalue weighted by atomic mass is 10.1. The molecule has 3 N–H and O–H groups in total. The van der Waals surface area contributed by atoms with Crippen LogP contribution in [0.4, 0.5) is 11.5 Å². The predicted octanol–water partition coefficient (Wildman–Crippen LogP) is 4.18.